The number of benzene rings is 1. The Hall–Kier alpha value is -1.65. The van der Waals surface area contributed by atoms with Gasteiger partial charge in [0.25, 0.3) is 0 Å². The summed E-state index contributed by atoms with van der Waals surface area (Å²) < 4.78 is 0. The molecule has 0 aliphatic heterocycles. The molecule has 2 rings (SSSR count). The van der Waals surface area contributed by atoms with E-state index in [0.717, 1.165) is 16.7 Å². The highest BCUT2D eigenvalue weighted by Crippen LogP contribution is 2.26. The van der Waals surface area contributed by atoms with Gasteiger partial charge in [-0.1, -0.05) is 29.8 Å². The number of thiophene rings is 1. The fraction of sp³-hybridized carbons (Fsp3) is 0.312. The van der Waals surface area contributed by atoms with Gasteiger partial charge in [-0.05, 0) is 43.3 Å². The van der Waals surface area contributed by atoms with E-state index in [4.69, 9.17) is 5.73 Å². The fourth-order valence-corrected chi connectivity index (χ4v) is 2.91. The first-order chi connectivity index (χ1) is 9.43. The Bertz CT molecular complexity index is 607. The van der Waals surface area contributed by atoms with Crippen molar-refractivity contribution in [1.82, 2.24) is 5.32 Å². The molecule has 1 aromatic heterocycles. The van der Waals surface area contributed by atoms with Crippen molar-refractivity contribution in [2.75, 3.05) is 0 Å². The molecule has 3 nitrogen and oxygen atoms in total. The van der Waals surface area contributed by atoms with Crippen LogP contribution in [0.4, 0.5) is 0 Å². The average molecular weight is 288 g/mol. The molecule has 0 bridgehead atoms. The quantitative estimate of drug-likeness (QED) is 0.889. The van der Waals surface area contributed by atoms with E-state index >= 15 is 0 Å². The smallest absolute Gasteiger partial charge is 0.242 e. The minimum absolute atomic E-state index is 0.359. The van der Waals surface area contributed by atoms with Gasteiger partial charge in [0.15, 0.2) is 0 Å². The molecule has 0 fully saturated rings. The lowest BCUT2D eigenvalue weighted by atomic mass is 9.86. The van der Waals surface area contributed by atoms with Gasteiger partial charge < -0.3 is 5.73 Å². The zero-order valence-electron chi connectivity index (χ0n) is 12.1. The first kappa shape index (κ1) is 14.8. The molecule has 1 atom stereocenters. The molecular weight excluding hydrogens is 268 g/mol. The van der Waals surface area contributed by atoms with Crippen LogP contribution in [0.3, 0.4) is 0 Å². The Morgan fingerprint density at radius 3 is 2.70 bits per heavy atom. The Balaban J connectivity index is 2.33. The molecule has 0 radical (unpaired) electrons. The highest BCUT2D eigenvalue weighted by Gasteiger charge is 2.34. The molecule has 4 heteroatoms. The maximum atomic E-state index is 12.0. The summed E-state index contributed by atoms with van der Waals surface area (Å²) in [5.74, 6) is -0.359. The monoisotopic (exact) mass is 288 g/mol. The number of carbonyl (C=O) groups excluding carboxylic acids is 1. The van der Waals surface area contributed by atoms with E-state index in [-0.39, 0.29) is 5.91 Å². The summed E-state index contributed by atoms with van der Waals surface area (Å²) in [7, 11) is 0. The first-order valence-electron chi connectivity index (χ1n) is 6.58. The SMILES string of the molecule is Cc1ccc(C)c(C(C)(NCc2cccs2)C(N)=O)c1. The second kappa shape index (κ2) is 5.77. The molecule has 106 valence electrons. The van der Waals surface area contributed by atoms with E-state index in [0.29, 0.717) is 6.54 Å². The lowest BCUT2D eigenvalue weighted by Gasteiger charge is -2.30. The van der Waals surface area contributed by atoms with E-state index in [9.17, 15) is 4.79 Å². The topological polar surface area (TPSA) is 55.1 Å². The van der Waals surface area contributed by atoms with Crippen LogP contribution in [-0.2, 0) is 16.9 Å². The van der Waals surface area contributed by atoms with Gasteiger partial charge in [0.05, 0.1) is 0 Å². The molecule has 2 aromatic rings. The molecule has 0 saturated carbocycles. The van der Waals surface area contributed by atoms with Gasteiger partial charge >= 0.3 is 0 Å². The maximum absolute atomic E-state index is 12.0. The Morgan fingerprint density at radius 1 is 1.35 bits per heavy atom. The van der Waals surface area contributed by atoms with Crippen LogP contribution in [0.25, 0.3) is 0 Å². The number of nitrogens with two attached hydrogens (primary N) is 1. The van der Waals surface area contributed by atoms with Crippen molar-refractivity contribution in [3.63, 3.8) is 0 Å². The minimum Gasteiger partial charge on any atom is -0.368 e. The molecule has 0 spiro atoms. The van der Waals surface area contributed by atoms with Crippen molar-refractivity contribution in [3.05, 3.63) is 57.3 Å². The second-order valence-electron chi connectivity index (χ2n) is 5.24. The number of rotatable bonds is 5. The van der Waals surface area contributed by atoms with Gasteiger partial charge in [-0.25, -0.2) is 0 Å². The van der Waals surface area contributed by atoms with E-state index in [1.165, 1.54) is 4.88 Å². The summed E-state index contributed by atoms with van der Waals surface area (Å²) in [6, 6.07) is 10.1. The lowest BCUT2D eigenvalue weighted by Crippen LogP contribution is -2.50. The normalized spacial score (nSPS) is 13.9. The van der Waals surface area contributed by atoms with Crippen LogP contribution in [0, 0.1) is 13.8 Å². The Kier molecular flexibility index (Phi) is 4.26. The molecule has 0 aliphatic rings. The zero-order chi connectivity index (χ0) is 14.8. The van der Waals surface area contributed by atoms with Crippen molar-refractivity contribution in [2.24, 2.45) is 5.73 Å². The summed E-state index contributed by atoms with van der Waals surface area (Å²) >= 11 is 1.66. The number of nitrogens with one attached hydrogen (secondary N) is 1. The number of hydrogen-bond donors (Lipinski definition) is 2. The Labute approximate surface area is 123 Å². The van der Waals surface area contributed by atoms with Crippen LogP contribution in [0.5, 0.6) is 0 Å². The van der Waals surface area contributed by atoms with Gasteiger partial charge in [0.1, 0.15) is 5.54 Å². The van der Waals surface area contributed by atoms with Crippen molar-refractivity contribution in [3.8, 4) is 0 Å². The summed E-state index contributed by atoms with van der Waals surface area (Å²) in [6.45, 7) is 6.50. The second-order valence-corrected chi connectivity index (χ2v) is 6.27. The van der Waals surface area contributed by atoms with Gasteiger partial charge in [0, 0.05) is 11.4 Å². The van der Waals surface area contributed by atoms with Crippen molar-refractivity contribution >= 4 is 17.2 Å². The number of amides is 1. The molecule has 20 heavy (non-hydrogen) atoms. The molecule has 1 heterocycles. The van der Waals surface area contributed by atoms with E-state index in [1.54, 1.807) is 11.3 Å². The maximum Gasteiger partial charge on any atom is 0.242 e. The number of primary amides is 1. The van der Waals surface area contributed by atoms with Crippen LogP contribution in [0.2, 0.25) is 0 Å². The lowest BCUT2D eigenvalue weighted by molar-refractivity contribution is -0.124. The van der Waals surface area contributed by atoms with E-state index in [2.05, 4.69) is 5.32 Å². The van der Waals surface area contributed by atoms with Gasteiger partial charge in [0.2, 0.25) is 5.91 Å². The fourth-order valence-electron chi connectivity index (χ4n) is 2.27. The van der Waals surface area contributed by atoms with Crippen LogP contribution in [-0.4, -0.2) is 5.91 Å². The third kappa shape index (κ3) is 2.92. The van der Waals surface area contributed by atoms with Crippen LogP contribution in [0.15, 0.2) is 35.7 Å². The summed E-state index contributed by atoms with van der Waals surface area (Å²) in [5, 5.41) is 5.34. The standard InChI is InChI=1S/C16H20N2OS/c1-11-6-7-12(2)14(9-11)16(3,15(17)19)18-10-13-5-4-8-20-13/h4-9,18H,10H2,1-3H3,(H2,17,19). The molecule has 1 aromatic carbocycles. The van der Waals surface area contributed by atoms with Crippen LogP contribution in [0.1, 0.15) is 28.5 Å². The third-order valence-electron chi connectivity index (χ3n) is 3.62. The predicted octanol–water partition coefficient (Wildman–Crippen LogP) is 2.86. The van der Waals surface area contributed by atoms with Gasteiger partial charge in [-0.15, -0.1) is 11.3 Å². The number of carbonyl (C=O) groups is 1. The Morgan fingerprint density at radius 2 is 2.10 bits per heavy atom. The predicted molar refractivity (Wildman–Crippen MR) is 83.6 cm³/mol. The molecule has 0 saturated heterocycles. The van der Waals surface area contributed by atoms with Crippen molar-refractivity contribution in [1.29, 1.82) is 0 Å². The van der Waals surface area contributed by atoms with Crippen molar-refractivity contribution in [2.45, 2.75) is 32.9 Å². The minimum atomic E-state index is -0.861. The molecule has 1 amide bonds. The third-order valence-corrected chi connectivity index (χ3v) is 4.50. The average Bonchev–Trinajstić information content (AvgIpc) is 2.92. The highest BCUT2D eigenvalue weighted by molar-refractivity contribution is 7.09. The summed E-state index contributed by atoms with van der Waals surface area (Å²) in [5.41, 5.74) is 7.93. The van der Waals surface area contributed by atoms with Gasteiger partial charge in [-0.3, -0.25) is 10.1 Å². The van der Waals surface area contributed by atoms with Crippen LogP contribution < -0.4 is 11.1 Å². The molecule has 0 aliphatic carbocycles. The summed E-state index contributed by atoms with van der Waals surface area (Å²) in [4.78, 5) is 13.2. The van der Waals surface area contributed by atoms with E-state index in [1.807, 2.05) is 56.5 Å². The van der Waals surface area contributed by atoms with Crippen molar-refractivity contribution < 1.29 is 4.79 Å². The molecule has 3 N–H and O–H groups in total. The number of hydrogen-bond acceptors (Lipinski definition) is 3. The number of aryl methyl sites for hydroxylation is 2. The van der Waals surface area contributed by atoms with E-state index < -0.39 is 5.54 Å². The first-order valence-corrected chi connectivity index (χ1v) is 7.46. The van der Waals surface area contributed by atoms with Crippen LogP contribution >= 0.6 is 11.3 Å². The summed E-state index contributed by atoms with van der Waals surface area (Å²) in [6.07, 6.45) is 0. The molecular formula is C16H20N2OS. The largest absolute Gasteiger partial charge is 0.368 e. The highest BCUT2D eigenvalue weighted by atomic mass is 32.1. The van der Waals surface area contributed by atoms with Gasteiger partial charge in [-0.2, -0.15) is 0 Å². The zero-order valence-corrected chi connectivity index (χ0v) is 12.9. The molecule has 1 unspecified atom stereocenters.